The average Bonchev–Trinajstić information content (AvgIpc) is 2.61. The van der Waals surface area contributed by atoms with Gasteiger partial charge in [-0.25, -0.2) is 13.8 Å². The zero-order valence-corrected chi connectivity index (χ0v) is 15.0. The molecule has 0 aliphatic carbocycles. The Morgan fingerprint density at radius 2 is 1.81 bits per heavy atom. The molecule has 0 fully saturated rings. The van der Waals surface area contributed by atoms with E-state index in [4.69, 9.17) is 4.74 Å². The van der Waals surface area contributed by atoms with Crippen LogP contribution < -0.4 is 4.74 Å². The predicted molar refractivity (Wildman–Crippen MR) is 97.5 cm³/mol. The Labute approximate surface area is 151 Å². The quantitative estimate of drug-likeness (QED) is 0.669. The molecule has 2 aromatic carbocycles. The lowest BCUT2D eigenvalue weighted by molar-refractivity contribution is 0.0926. The minimum absolute atomic E-state index is 0.251. The fourth-order valence-corrected chi connectivity index (χ4v) is 3.18. The second kappa shape index (κ2) is 7.00. The van der Waals surface area contributed by atoms with Gasteiger partial charge in [0.25, 0.3) is 0 Å². The first-order valence-electron chi connectivity index (χ1n) is 8.53. The Bertz CT molecular complexity index is 940. The van der Waals surface area contributed by atoms with Crippen LogP contribution in [0.25, 0.3) is 10.9 Å². The first-order valence-corrected chi connectivity index (χ1v) is 8.53. The Balaban J connectivity index is 2.05. The summed E-state index contributed by atoms with van der Waals surface area (Å²) < 4.78 is 34.2. The van der Waals surface area contributed by atoms with Crippen molar-refractivity contribution in [2.45, 2.75) is 38.7 Å². The Hall–Kier alpha value is -2.53. The van der Waals surface area contributed by atoms with Crippen molar-refractivity contribution in [3.05, 3.63) is 65.9 Å². The SMILES string of the molecule is CCC(O)C(C)(C)c1c(F)cccc1Oc1cnc2c(F)cccc2c1. The molecule has 1 heterocycles. The van der Waals surface area contributed by atoms with Gasteiger partial charge in [-0.3, -0.25) is 0 Å². The van der Waals surface area contributed by atoms with Crippen LogP contribution in [-0.4, -0.2) is 16.2 Å². The van der Waals surface area contributed by atoms with Crippen LogP contribution in [0.15, 0.2) is 48.7 Å². The zero-order chi connectivity index (χ0) is 18.9. The number of hydrogen-bond acceptors (Lipinski definition) is 3. The van der Waals surface area contributed by atoms with Crippen LogP contribution in [0.1, 0.15) is 32.8 Å². The molecule has 136 valence electrons. The molecule has 0 aliphatic rings. The lowest BCUT2D eigenvalue weighted by atomic mass is 9.77. The van der Waals surface area contributed by atoms with E-state index in [1.54, 1.807) is 44.2 Å². The van der Waals surface area contributed by atoms with Gasteiger partial charge in [0.15, 0.2) is 0 Å². The lowest BCUT2D eigenvalue weighted by Crippen LogP contribution is -2.34. The van der Waals surface area contributed by atoms with Gasteiger partial charge in [0.05, 0.1) is 12.3 Å². The maximum atomic E-state index is 14.6. The van der Waals surface area contributed by atoms with Gasteiger partial charge >= 0.3 is 0 Å². The van der Waals surface area contributed by atoms with E-state index in [0.29, 0.717) is 28.9 Å². The summed E-state index contributed by atoms with van der Waals surface area (Å²) in [5, 5.41) is 10.9. The second-order valence-electron chi connectivity index (χ2n) is 6.84. The van der Waals surface area contributed by atoms with Crippen molar-refractivity contribution in [3.63, 3.8) is 0 Å². The number of aliphatic hydroxyl groups is 1. The average molecular weight is 357 g/mol. The van der Waals surface area contributed by atoms with E-state index in [9.17, 15) is 13.9 Å². The summed E-state index contributed by atoms with van der Waals surface area (Å²) in [4.78, 5) is 4.10. The molecule has 3 aromatic rings. The second-order valence-corrected chi connectivity index (χ2v) is 6.84. The minimum atomic E-state index is -0.841. The summed E-state index contributed by atoms with van der Waals surface area (Å²) >= 11 is 0. The number of pyridine rings is 1. The molecule has 0 amide bonds. The molecular formula is C21H21F2NO2. The number of fused-ring (bicyclic) bond motifs is 1. The van der Waals surface area contributed by atoms with Gasteiger partial charge in [0.1, 0.15) is 28.7 Å². The summed E-state index contributed by atoms with van der Waals surface area (Å²) in [6, 6.07) is 10.9. The van der Waals surface area contributed by atoms with Gasteiger partial charge in [-0.1, -0.05) is 39.0 Å². The van der Waals surface area contributed by atoms with Crippen molar-refractivity contribution in [2.75, 3.05) is 0 Å². The van der Waals surface area contributed by atoms with Gasteiger partial charge in [-0.05, 0) is 30.7 Å². The highest BCUT2D eigenvalue weighted by Crippen LogP contribution is 2.39. The normalized spacial score (nSPS) is 13.0. The summed E-state index contributed by atoms with van der Waals surface area (Å²) in [6.45, 7) is 5.40. The fraction of sp³-hybridized carbons (Fsp3) is 0.286. The van der Waals surface area contributed by atoms with E-state index < -0.39 is 23.2 Å². The third-order valence-corrected chi connectivity index (χ3v) is 4.70. The summed E-state index contributed by atoms with van der Waals surface area (Å²) in [5.74, 6) is -0.177. The number of para-hydroxylation sites is 1. The van der Waals surface area contributed by atoms with Crippen LogP contribution in [0.2, 0.25) is 0 Å². The number of rotatable bonds is 5. The lowest BCUT2D eigenvalue weighted by Gasteiger charge is -2.32. The van der Waals surface area contributed by atoms with E-state index in [1.807, 2.05) is 6.92 Å². The van der Waals surface area contributed by atoms with E-state index in [1.165, 1.54) is 18.3 Å². The Morgan fingerprint density at radius 3 is 2.54 bits per heavy atom. The first kappa shape index (κ1) is 18.3. The van der Waals surface area contributed by atoms with Gasteiger partial charge in [-0.2, -0.15) is 0 Å². The predicted octanol–water partition coefficient (Wildman–Crippen LogP) is 5.35. The highest BCUT2D eigenvalue weighted by Gasteiger charge is 2.34. The third kappa shape index (κ3) is 3.27. The van der Waals surface area contributed by atoms with Crippen molar-refractivity contribution in [1.29, 1.82) is 0 Å². The van der Waals surface area contributed by atoms with Gasteiger partial charge in [-0.15, -0.1) is 0 Å². The molecule has 0 radical (unpaired) electrons. The van der Waals surface area contributed by atoms with Crippen LogP contribution in [-0.2, 0) is 5.41 Å². The van der Waals surface area contributed by atoms with Crippen LogP contribution in [0.4, 0.5) is 8.78 Å². The topological polar surface area (TPSA) is 42.4 Å². The first-order chi connectivity index (χ1) is 12.3. The molecule has 1 atom stereocenters. The third-order valence-electron chi connectivity index (χ3n) is 4.70. The molecule has 0 bridgehead atoms. The van der Waals surface area contributed by atoms with Crippen LogP contribution in [0.3, 0.4) is 0 Å². The maximum absolute atomic E-state index is 14.6. The molecule has 3 rings (SSSR count). The number of benzene rings is 2. The highest BCUT2D eigenvalue weighted by atomic mass is 19.1. The molecule has 3 nitrogen and oxygen atoms in total. The molecular weight excluding hydrogens is 336 g/mol. The van der Waals surface area contributed by atoms with Gasteiger partial charge in [0, 0.05) is 16.4 Å². The van der Waals surface area contributed by atoms with Gasteiger partial charge < -0.3 is 9.84 Å². The number of halogens is 2. The number of ether oxygens (including phenoxy) is 1. The minimum Gasteiger partial charge on any atom is -0.455 e. The van der Waals surface area contributed by atoms with E-state index in [2.05, 4.69) is 4.98 Å². The molecule has 1 aromatic heterocycles. The van der Waals surface area contributed by atoms with Gasteiger partial charge in [0.2, 0.25) is 0 Å². The monoisotopic (exact) mass is 357 g/mol. The summed E-state index contributed by atoms with van der Waals surface area (Å²) in [7, 11) is 0. The molecule has 0 saturated heterocycles. The zero-order valence-electron chi connectivity index (χ0n) is 15.0. The van der Waals surface area contributed by atoms with E-state index in [-0.39, 0.29) is 5.52 Å². The van der Waals surface area contributed by atoms with Crippen molar-refractivity contribution in [1.82, 2.24) is 4.98 Å². The van der Waals surface area contributed by atoms with Crippen LogP contribution in [0.5, 0.6) is 11.5 Å². The standard InChI is InChI=1S/C21H21F2NO2/c1-4-18(25)21(2,3)19-15(22)8-6-10-17(19)26-14-11-13-7-5-9-16(23)20(13)24-12-14/h5-12,18,25H,4H2,1-3H3. The number of aliphatic hydroxyl groups excluding tert-OH is 1. The largest absolute Gasteiger partial charge is 0.455 e. The molecule has 5 heteroatoms. The molecule has 0 saturated carbocycles. The fourth-order valence-electron chi connectivity index (χ4n) is 3.18. The Morgan fingerprint density at radius 1 is 1.12 bits per heavy atom. The van der Waals surface area contributed by atoms with Crippen LogP contribution >= 0.6 is 0 Å². The summed E-state index contributed by atoms with van der Waals surface area (Å²) in [6.07, 6.45) is 1.16. The molecule has 1 unspecified atom stereocenters. The van der Waals surface area contributed by atoms with Crippen molar-refractivity contribution in [2.24, 2.45) is 0 Å². The van der Waals surface area contributed by atoms with E-state index >= 15 is 0 Å². The number of hydrogen-bond donors (Lipinski definition) is 1. The molecule has 0 spiro atoms. The molecule has 1 N–H and O–H groups in total. The smallest absolute Gasteiger partial charge is 0.149 e. The maximum Gasteiger partial charge on any atom is 0.149 e. The van der Waals surface area contributed by atoms with Crippen LogP contribution in [0, 0.1) is 11.6 Å². The van der Waals surface area contributed by atoms with Crippen molar-refractivity contribution in [3.8, 4) is 11.5 Å². The van der Waals surface area contributed by atoms with E-state index in [0.717, 1.165) is 0 Å². The Kier molecular flexibility index (Phi) is 4.92. The number of aromatic nitrogens is 1. The molecule has 26 heavy (non-hydrogen) atoms. The summed E-state index contributed by atoms with van der Waals surface area (Å²) in [5.41, 5.74) is -0.291. The van der Waals surface area contributed by atoms with Crippen molar-refractivity contribution >= 4 is 10.9 Å². The van der Waals surface area contributed by atoms with Crippen molar-refractivity contribution < 1.29 is 18.6 Å². The highest BCUT2D eigenvalue weighted by molar-refractivity contribution is 5.80. The molecule has 0 aliphatic heterocycles. The number of nitrogens with zero attached hydrogens (tertiary/aromatic N) is 1.